The molecule has 0 saturated heterocycles. The van der Waals surface area contributed by atoms with E-state index in [2.05, 4.69) is 55.6 Å². The lowest BCUT2D eigenvalue weighted by Crippen LogP contribution is -2.45. The van der Waals surface area contributed by atoms with Crippen LogP contribution in [0.2, 0.25) is 0 Å². The van der Waals surface area contributed by atoms with Gasteiger partial charge < -0.3 is 15.5 Å². The molecule has 0 fully saturated rings. The van der Waals surface area contributed by atoms with E-state index in [1.165, 1.54) is 135 Å². The standard InChI is InChI=1S/C42H77NO3/c1-3-5-7-9-11-13-15-17-18-19-20-21-22-23-24-26-28-30-32-34-36-38-42(46)43-40(39-44)41(45)37-35-33-31-29-27-25-16-14-12-10-8-6-4-2/h12,14,21-22,27,29,35,37,40-41,44-45H,3-11,13,15-20,23-26,28,30-34,36,38-39H2,1-2H3,(H,43,46)/b14-12+,22-21-,29-27+,37-35+. The molecule has 0 rings (SSSR count). The fourth-order valence-corrected chi connectivity index (χ4v) is 5.67. The van der Waals surface area contributed by atoms with Crippen LogP contribution in [0.4, 0.5) is 0 Å². The minimum atomic E-state index is -0.870. The number of allylic oxidation sites excluding steroid dienone is 7. The molecule has 0 saturated carbocycles. The number of hydrogen-bond acceptors (Lipinski definition) is 3. The average Bonchev–Trinajstić information content (AvgIpc) is 3.06. The van der Waals surface area contributed by atoms with Crippen molar-refractivity contribution >= 4 is 5.91 Å². The van der Waals surface area contributed by atoms with Gasteiger partial charge in [-0.15, -0.1) is 0 Å². The van der Waals surface area contributed by atoms with Crippen LogP contribution in [0.5, 0.6) is 0 Å². The summed E-state index contributed by atoms with van der Waals surface area (Å²) in [5.41, 5.74) is 0. The van der Waals surface area contributed by atoms with Gasteiger partial charge in [-0.3, -0.25) is 4.79 Å². The van der Waals surface area contributed by atoms with Crippen LogP contribution in [-0.2, 0) is 4.79 Å². The second-order valence-corrected chi connectivity index (χ2v) is 13.3. The predicted molar refractivity (Wildman–Crippen MR) is 202 cm³/mol. The molecule has 0 radical (unpaired) electrons. The molecule has 0 aliphatic rings. The zero-order valence-corrected chi connectivity index (χ0v) is 30.6. The predicted octanol–water partition coefficient (Wildman–Crippen LogP) is 12.0. The number of hydrogen-bond donors (Lipinski definition) is 3. The molecule has 0 aromatic carbocycles. The second kappa shape index (κ2) is 37.8. The van der Waals surface area contributed by atoms with Crippen molar-refractivity contribution in [1.82, 2.24) is 5.32 Å². The number of amides is 1. The van der Waals surface area contributed by atoms with E-state index in [0.717, 1.165) is 38.5 Å². The van der Waals surface area contributed by atoms with Gasteiger partial charge in [-0.2, -0.15) is 0 Å². The van der Waals surface area contributed by atoms with Crippen LogP contribution < -0.4 is 5.32 Å². The molecule has 0 bridgehead atoms. The van der Waals surface area contributed by atoms with Crippen LogP contribution in [-0.4, -0.2) is 34.9 Å². The maximum absolute atomic E-state index is 12.3. The molecule has 0 aliphatic heterocycles. The Morgan fingerprint density at radius 2 is 0.848 bits per heavy atom. The van der Waals surface area contributed by atoms with Gasteiger partial charge in [-0.25, -0.2) is 0 Å². The van der Waals surface area contributed by atoms with E-state index in [9.17, 15) is 15.0 Å². The average molecular weight is 644 g/mol. The molecule has 2 unspecified atom stereocenters. The van der Waals surface area contributed by atoms with Crippen LogP contribution in [0.25, 0.3) is 0 Å². The molecule has 0 spiro atoms. The first-order chi connectivity index (χ1) is 22.7. The molecule has 0 aromatic heterocycles. The Kier molecular flexibility index (Phi) is 36.4. The van der Waals surface area contributed by atoms with Gasteiger partial charge in [-0.05, 0) is 70.6 Å². The van der Waals surface area contributed by atoms with Gasteiger partial charge in [0.05, 0.1) is 18.8 Å². The van der Waals surface area contributed by atoms with Crippen LogP contribution in [0, 0.1) is 0 Å². The molecule has 2 atom stereocenters. The second-order valence-electron chi connectivity index (χ2n) is 13.3. The lowest BCUT2D eigenvalue weighted by Gasteiger charge is -2.19. The minimum Gasteiger partial charge on any atom is -0.394 e. The molecule has 4 nitrogen and oxygen atoms in total. The van der Waals surface area contributed by atoms with Crippen LogP contribution in [0.3, 0.4) is 0 Å². The Labute approximate surface area is 286 Å². The van der Waals surface area contributed by atoms with Gasteiger partial charge in [0.1, 0.15) is 0 Å². The minimum absolute atomic E-state index is 0.0848. The normalized spacial score (nSPS) is 13.6. The SMILES string of the molecule is CCCCC/C=C/CC/C=C/CC/C=C/C(O)C(CO)NC(=O)CCCCCCCCC/C=C\CCCCCCCCCCCC. The largest absolute Gasteiger partial charge is 0.394 e. The summed E-state index contributed by atoms with van der Waals surface area (Å²) < 4.78 is 0. The quantitative estimate of drug-likeness (QED) is 0.0475. The number of nitrogens with one attached hydrogen (secondary N) is 1. The maximum Gasteiger partial charge on any atom is 0.220 e. The highest BCUT2D eigenvalue weighted by atomic mass is 16.3. The topological polar surface area (TPSA) is 69.6 Å². The smallest absolute Gasteiger partial charge is 0.220 e. The summed E-state index contributed by atoms with van der Waals surface area (Å²) >= 11 is 0. The highest BCUT2D eigenvalue weighted by Gasteiger charge is 2.17. The lowest BCUT2D eigenvalue weighted by molar-refractivity contribution is -0.123. The summed E-state index contributed by atoms with van der Waals surface area (Å²) in [4.78, 5) is 12.3. The van der Waals surface area contributed by atoms with Crippen LogP contribution in [0.1, 0.15) is 194 Å². The number of aliphatic hydroxyl groups excluding tert-OH is 2. The maximum atomic E-state index is 12.3. The Morgan fingerprint density at radius 1 is 0.500 bits per heavy atom. The van der Waals surface area contributed by atoms with Crippen LogP contribution >= 0.6 is 0 Å². The third-order valence-electron chi connectivity index (χ3n) is 8.76. The molecule has 268 valence electrons. The van der Waals surface area contributed by atoms with E-state index < -0.39 is 12.1 Å². The highest BCUT2D eigenvalue weighted by molar-refractivity contribution is 5.76. The van der Waals surface area contributed by atoms with Crippen molar-refractivity contribution in [2.75, 3.05) is 6.61 Å². The lowest BCUT2D eigenvalue weighted by atomic mass is 10.1. The number of carbonyl (C=O) groups is 1. The van der Waals surface area contributed by atoms with Crippen molar-refractivity contribution in [3.8, 4) is 0 Å². The summed E-state index contributed by atoms with van der Waals surface area (Å²) in [7, 11) is 0. The molecule has 0 aromatic rings. The fraction of sp³-hybridized carbons (Fsp3) is 0.786. The first-order valence-corrected chi connectivity index (χ1v) is 19.9. The Hall–Kier alpha value is -1.65. The monoisotopic (exact) mass is 644 g/mol. The molecule has 0 heterocycles. The molecular formula is C42H77NO3. The van der Waals surface area contributed by atoms with Crippen molar-refractivity contribution in [2.45, 2.75) is 206 Å². The number of aliphatic hydroxyl groups is 2. The first kappa shape index (κ1) is 44.4. The van der Waals surface area contributed by atoms with Crippen molar-refractivity contribution in [3.63, 3.8) is 0 Å². The number of unbranched alkanes of at least 4 members (excludes halogenated alkanes) is 22. The van der Waals surface area contributed by atoms with Crippen LogP contribution in [0.15, 0.2) is 48.6 Å². The Morgan fingerprint density at radius 3 is 1.30 bits per heavy atom. The number of carbonyl (C=O) groups excluding carboxylic acids is 1. The van der Waals surface area contributed by atoms with Crippen molar-refractivity contribution in [1.29, 1.82) is 0 Å². The third kappa shape index (κ3) is 33.7. The van der Waals surface area contributed by atoms with Gasteiger partial charge in [-0.1, -0.05) is 165 Å². The summed E-state index contributed by atoms with van der Waals surface area (Å²) in [6.45, 7) is 4.25. The third-order valence-corrected chi connectivity index (χ3v) is 8.76. The summed E-state index contributed by atoms with van der Waals surface area (Å²) in [5, 5.41) is 22.9. The number of rotatable bonds is 35. The summed E-state index contributed by atoms with van der Waals surface area (Å²) in [5.74, 6) is -0.0848. The van der Waals surface area contributed by atoms with Gasteiger partial charge in [0.2, 0.25) is 5.91 Å². The molecule has 3 N–H and O–H groups in total. The fourth-order valence-electron chi connectivity index (χ4n) is 5.67. The van der Waals surface area contributed by atoms with Crippen molar-refractivity contribution in [3.05, 3.63) is 48.6 Å². The van der Waals surface area contributed by atoms with E-state index in [0.29, 0.717) is 6.42 Å². The Bertz CT molecular complexity index is 741. The molecule has 0 aliphatic carbocycles. The van der Waals surface area contributed by atoms with Gasteiger partial charge in [0.25, 0.3) is 0 Å². The highest BCUT2D eigenvalue weighted by Crippen LogP contribution is 2.13. The van der Waals surface area contributed by atoms with Gasteiger partial charge >= 0.3 is 0 Å². The zero-order chi connectivity index (χ0) is 33.6. The molecule has 4 heteroatoms. The van der Waals surface area contributed by atoms with Gasteiger partial charge in [0, 0.05) is 6.42 Å². The van der Waals surface area contributed by atoms with E-state index in [-0.39, 0.29) is 12.5 Å². The van der Waals surface area contributed by atoms with Crippen molar-refractivity contribution in [2.24, 2.45) is 0 Å². The first-order valence-electron chi connectivity index (χ1n) is 19.9. The molecule has 46 heavy (non-hydrogen) atoms. The van der Waals surface area contributed by atoms with E-state index in [1.54, 1.807) is 6.08 Å². The summed E-state index contributed by atoms with van der Waals surface area (Å²) in [6, 6.07) is -0.646. The van der Waals surface area contributed by atoms with E-state index in [1.807, 2.05) is 6.08 Å². The van der Waals surface area contributed by atoms with E-state index >= 15 is 0 Å². The Balaban J connectivity index is 3.64. The van der Waals surface area contributed by atoms with Gasteiger partial charge in [0.15, 0.2) is 0 Å². The molecule has 1 amide bonds. The summed E-state index contributed by atoms with van der Waals surface area (Å²) in [6.07, 6.45) is 50.6. The van der Waals surface area contributed by atoms with E-state index in [4.69, 9.17) is 0 Å². The zero-order valence-electron chi connectivity index (χ0n) is 30.6. The van der Waals surface area contributed by atoms with Crippen molar-refractivity contribution < 1.29 is 15.0 Å². The molecular weight excluding hydrogens is 566 g/mol.